The molecule has 2 aromatic rings. The Kier molecular flexibility index (Phi) is 7.62. The van der Waals surface area contributed by atoms with E-state index in [2.05, 4.69) is 50.6 Å². The first-order valence-electron chi connectivity index (χ1n) is 11.3. The molecule has 1 radical (unpaired) electrons. The molecule has 0 spiro atoms. The first-order valence-corrected chi connectivity index (χ1v) is 13.0. The summed E-state index contributed by atoms with van der Waals surface area (Å²) >= 11 is 3.81. The summed E-state index contributed by atoms with van der Waals surface area (Å²) in [7, 11) is 0. The standard InChI is InChI=1S/C25H37S2/c1-5-9-11-19(7-3)17-25(18-20(8-4)12-10-6-2)21-13-15-26-23(21)24-22(25)14-16-27-24/h13-15,19-20H,5-12,17-18H2,1-4H3. The van der Waals surface area contributed by atoms with Crippen LogP contribution in [0.25, 0.3) is 9.75 Å². The van der Waals surface area contributed by atoms with Crippen LogP contribution in [0.15, 0.2) is 17.5 Å². The van der Waals surface area contributed by atoms with Gasteiger partial charge in [0, 0.05) is 20.5 Å². The highest BCUT2D eigenvalue weighted by molar-refractivity contribution is 7.20. The SMILES string of the molecule is CCCCC(CC)CC1(CC(CC)CCCC)c2c[c]sc2-c2sccc21. The molecule has 0 aliphatic heterocycles. The zero-order chi connectivity index (χ0) is 19.3. The molecular weight excluding hydrogens is 364 g/mol. The molecule has 2 heterocycles. The van der Waals surface area contributed by atoms with Crippen molar-refractivity contribution < 1.29 is 0 Å². The molecule has 0 bridgehead atoms. The first kappa shape index (κ1) is 21.1. The van der Waals surface area contributed by atoms with E-state index < -0.39 is 0 Å². The second-order valence-corrected chi connectivity index (χ2v) is 10.4. The van der Waals surface area contributed by atoms with Gasteiger partial charge in [-0.3, -0.25) is 0 Å². The van der Waals surface area contributed by atoms with Crippen molar-refractivity contribution in [3.8, 4) is 9.75 Å². The van der Waals surface area contributed by atoms with E-state index in [-0.39, 0.29) is 5.41 Å². The van der Waals surface area contributed by atoms with Gasteiger partial charge in [-0.15, -0.1) is 22.7 Å². The molecule has 1 aliphatic rings. The van der Waals surface area contributed by atoms with Gasteiger partial charge in [0.2, 0.25) is 0 Å². The first-order chi connectivity index (χ1) is 13.2. The van der Waals surface area contributed by atoms with E-state index >= 15 is 0 Å². The van der Waals surface area contributed by atoms with E-state index in [4.69, 9.17) is 0 Å². The average Bonchev–Trinajstić information content (AvgIpc) is 3.39. The van der Waals surface area contributed by atoms with Crippen molar-refractivity contribution in [2.45, 2.75) is 97.3 Å². The fourth-order valence-corrected chi connectivity index (χ4v) is 7.27. The Morgan fingerprint density at radius 2 is 1.52 bits per heavy atom. The predicted molar refractivity (Wildman–Crippen MR) is 123 cm³/mol. The van der Waals surface area contributed by atoms with Crippen LogP contribution in [-0.2, 0) is 5.41 Å². The molecule has 27 heavy (non-hydrogen) atoms. The van der Waals surface area contributed by atoms with Gasteiger partial charge in [-0.25, -0.2) is 0 Å². The van der Waals surface area contributed by atoms with Crippen molar-refractivity contribution in [3.05, 3.63) is 34.0 Å². The van der Waals surface area contributed by atoms with Crippen LogP contribution in [0.2, 0.25) is 0 Å². The van der Waals surface area contributed by atoms with E-state index in [0.717, 1.165) is 11.8 Å². The van der Waals surface area contributed by atoms with E-state index in [0.29, 0.717) is 0 Å². The molecule has 2 heteroatoms. The predicted octanol–water partition coefficient (Wildman–Crippen LogP) is 9.09. The number of hydrogen-bond acceptors (Lipinski definition) is 2. The summed E-state index contributed by atoms with van der Waals surface area (Å²) in [5.74, 6) is 1.68. The molecule has 2 atom stereocenters. The normalized spacial score (nSPS) is 16.9. The minimum atomic E-state index is 0.254. The molecule has 0 saturated heterocycles. The molecule has 1 aliphatic carbocycles. The lowest BCUT2D eigenvalue weighted by Gasteiger charge is -2.37. The zero-order valence-corrected chi connectivity index (χ0v) is 19.4. The minimum absolute atomic E-state index is 0.254. The molecule has 3 rings (SSSR count). The van der Waals surface area contributed by atoms with Crippen LogP contribution in [-0.4, -0.2) is 0 Å². The zero-order valence-electron chi connectivity index (χ0n) is 17.8. The van der Waals surface area contributed by atoms with Crippen molar-refractivity contribution in [1.82, 2.24) is 0 Å². The Labute approximate surface area is 175 Å². The van der Waals surface area contributed by atoms with Crippen LogP contribution in [0.5, 0.6) is 0 Å². The second kappa shape index (κ2) is 9.74. The summed E-state index contributed by atoms with van der Waals surface area (Å²) in [5, 5.41) is 5.84. The van der Waals surface area contributed by atoms with Crippen LogP contribution in [0.1, 0.15) is 103 Å². The summed E-state index contributed by atoms with van der Waals surface area (Å²) < 4.78 is 0. The minimum Gasteiger partial charge on any atom is -0.143 e. The van der Waals surface area contributed by atoms with Crippen molar-refractivity contribution in [1.29, 1.82) is 0 Å². The third kappa shape index (κ3) is 4.22. The van der Waals surface area contributed by atoms with Gasteiger partial charge in [0.25, 0.3) is 0 Å². The fraction of sp³-hybridized carbons (Fsp3) is 0.680. The summed E-state index contributed by atoms with van der Waals surface area (Å²) in [6.45, 7) is 9.48. The van der Waals surface area contributed by atoms with Crippen LogP contribution < -0.4 is 0 Å². The Bertz CT molecular complexity index is 633. The van der Waals surface area contributed by atoms with Gasteiger partial charge in [0.15, 0.2) is 0 Å². The van der Waals surface area contributed by atoms with Gasteiger partial charge < -0.3 is 0 Å². The number of unbranched alkanes of at least 4 members (excludes halogenated alkanes) is 2. The Balaban J connectivity index is 1.97. The van der Waals surface area contributed by atoms with Crippen molar-refractivity contribution >= 4 is 22.7 Å². The van der Waals surface area contributed by atoms with E-state index in [9.17, 15) is 0 Å². The highest BCUT2D eigenvalue weighted by Gasteiger charge is 2.46. The van der Waals surface area contributed by atoms with Crippen molar-refractivity contribution in [2.24, 2.45) is 11.8 Å². The molecule has 0 N–H and O–H groups in total. The molecule has 149 valence electrons. The smallest absolute Gasteiger partial charge is 0.0493 e. The molecule has 2 unspecified atom stereocenters. The Hall–Kier alpha value is -0.600. The van der Waals surface area contributed by atoms with Crippen LogP contribution in [0.4, 0.5) is 0 Å². The third-order valence-corrected chi connectivity index (χ3v) is 8.80. The van der Waals surface area contributed by atoms with E-state index in [1.807, 2.05) is 22.7 Å². The van der Waals surface area contributed by atoms with Gasteiger partial charge in [0.1, 0.15) is 0 Å². The maximum atomic E-state index is 3.50. The van der Waals surface area contributed by atoms with Crippen LogP contribution in [0.3, 0.4) is 0 Å². The summed E-state index contributed by atoms with van der Waals surface area (Å²) in [5.41, 5.74) is 3.54. The number of thiophene rings is 2. The Morgan fingerprint density at radius 3 is 2.07 bits per heavy atom. The fourth-order valence-electron chi connectivity index (χ4n) is 5.19. The summed E-state index contributed by atoms with van der Waals surface area (Å²) in [6.07, 6.45) is 13.5. The van der Waals surface area contributed by atoms with Crippen LogP contribution in [0, 0.1) is 17.2 Å². The molecule has 0 saturated carbocycles. The van der Waals surface area contributed by atoms with Crippen molar-refractivity contribution in [3.63, 3.8) is 0 Å². The molecule has 0 amide bonds. The molecule has 0 fully saturated rings. The molecule has 2 aromatic heterocycles. The van der Waals surface area contributed by atoms with E-state index in [1.165, 1.54) is 69.1 Å². The number of hydrogen-bond donors (Lipinski definition) is 0. The molecular formula is C25H37S2. The van der Waals surface area contributed by atoms with Gasteiger partial charge in [-0.1, -0.05) is 79.1 Å². The van der Waals surface area contributed by atoms with Gasteiger partial charge >= 0.3 is 0 Å². The average molecular weight is 402 g/mol. The largest absolute Gasteiger partial charge is 0.143 e. The third-order valence-electron chi connectivity index (χ3n) is 6.87. The lowest BCUT2D eigenvalue weighted by atomic mass is 9.66. The van der Waals surface area contributed by atoms with Crippen LogP contribution >= 0.6 is 22.7 Å². The Morgan fingerprint density at radius 1 is 0.889 bits per heavy atom. The van der Waals surface area contributed by atoms with Gasteiger partial charge in [-0.2, -0.15) is 0 Å². The molecule has 0 nitrogen and oxygen atoms in total. The lowest BCUT2D eigenvalue weighted by molar-refractivity contribution is 0.266. The highest BCUT2D eigenvalue weighted by Crippen LogP contribution is 2.59. The number of rotatable bonds is 12. The van der Waals surface area contributed by atoms with Crippen molar-refractivity contribution in [2.75, 3.05) is 0 Å². The summed E-state index contributed by atoms with van der Waals surface area (Å²) in [6, 6.07) is 4.82. The number of fused-ring (bicyclic) bond motifs is 3. The second-order valence-electron chi connectivity index (χ2n) is 8.59. The topological polar surface area (TPSA) is 0 Å². The van der Waals surface area contributed by atoms with E-state index in [1.54, 1.807) is 16.0 Å². The highest BCUT2D eigenvalue weighted by atomic mass is 32.1. The summed E-state index contributed by atoms with van der Waals surface area (Å²) in [4.78, 5) is 3.10. The monoisotopic (exact) mass is 401 g/mol. The lowest BCUT2D eigenvalue weighted by Crippen LogP contribution is -2.31. The molecule has 0 aromatic carbocycles. The maximum Gasteiger partial charge on any atom is 0.0493 e. The quantitative estimate of drug-likeness (QED) is 0.332. The van der Waals surface area contributed by atoms with Gasteiger partial charge in [0.05, 0.1) is 0 Å². The van der Waals surface area contributed by atoms with Gasteiger partial charge in [-0.05, 0) is 53.3 Å². The maximum absolute atomic E-state index is 3.50.